The predicted molar refractivity (Wildman–Crippen MR) is 48.8 cm³/mol. The third-order valence-electron chi connectivity index (χ3n) is 1.19. The second-order valence-electron chi connectivity index (χ2n) is 2.08. The van der Waals surface area contributed by atoms with Crippen LogP contribution >= 0.6 is 15.9 Å². The van der Waals surface area contributed by atoms with Gasteiger partial charge in [0.15, 0.2) is 0 Å². The van der Waals surface area contributed by atoms with Crippen molar-refractivity contribution in [3.63, 3.8) is 0 Å². The summed E-state index contributed by atoms with van der Waals surface area (Å²) >= 11 is 3.32. The van der Waals surface area contributed by atoms with E-state index in [1.807, 2.05) is 6.92 Å². The Morgan fingerprint density at radius 3 is 2.55 bits per heavy atom. The molecule has 4 heteroatoms. The van der Waals surface area contributed by atoms with Crippen molar-refractivity contribution in [1.29, 1.82) is 0 Å². The van der Waals surface area contributed by atoms with Gasteiger partial charge in [-0.15, -0.1) is 0 Å². The standard InChI is InChI=1S/C7H10BrN3/c1-2-9-7-10-4-6(3-8)5-11-7/h4-5H,2-3H2,1H3,(H,9,10,11). The summed E-state index contributed by atoms with van der Waals surface area (Å²) in [6.07, 6.45) is 3.61. The first-order valence-corrected chi connectivity index (χ1v) is 4.59. The van der Waals surface area contributed by atoms with Crippen molar-refractivity contribution in [2.75, 3.05) is 11.9 Å². The molecule has 0 aliphatic rings. The van der Waals surface area contributed by atoms with Gasteiger partial charge in [-0.1, -0.05) is 15.9 Å². The van der Waals surface area contributed by atoms with Gasteiger partial charge >= 0.3 is 0 Å². The molecule has 0 aromatic carbocycles. The van der Waals surface area contributed by atoms with Crippen molar-refractivity contribution in [2.45, 2.75) is 12.3 Å². The molecule has 0 saturated carbocycles. The highest BCUT2D eigenvalue weighted by atomic mass is 79.9. The second-order valence-corrected chi connectivity index (χ2v) is 2.64. The highest BCUT2D eigenvalue weighted by Gasteiger charge is 1.92. The summed E-state index contributed by atoms with van der Waals surface area (Å²) in [4.78, 5) is 8.17. The fourth-order valence-corrected chi connectivity index (χ4v) is 0.963. The van der Waals surface area contributed by atoms with Crippen LogP contribution in [0.15, 0.2) is 12.4 Å². The maximum absolute atomic E-state index is 4.09. The van der Waals surface area contributed by atoms with E-state index in [9.17, 15) is 0 Å². The van der Waals surface area contributed by atoms with Crippen molar-refractivity contribution in [3.8, 4) is 0 Å². The van der Waals surface area contributed by atoms with Crippen molar-refractivity contribution < 1.29 is 0 Å². The fourth-order valence-electron chi connectivity index (χ4n) is 0.673. The van der Waals surface area contributed by atoms with Crippen molar-refractivity contribution >= 4 is 21.9 Å². The molecule has 1 rings (SSSR count). The molecule has 1 aromatic heterocycles. The molecule has 60 valence electrons. The smallest absolute Gasteiger partial charge is 0.222 e. The predicted octanol–water partition coefficient (Wildman–Crippen LogP) is 1.80. The number of hydrogen-bond donors (Lipinski definition) is 1. The fraction of sp³-hybridized carbons (Fsp3) is 0.429. The second kappa shape index (κ2) is 4.28. The van der Waals surface area contributed by atoms with Gasteiger partial charge in [-0.2, -0.15) is 0 Å². The number of rotatable bonds is 3. The molecule has 1 aromatic rings. The first-order valence-electron chi connectivity index (χ1n) is 3.47. The molecule has 0 radical (unpaired) electrons. The third-order valence-corrected chi connectivity index (χ3v) is 1.84. The quantitative estimate of drug-likeness (QED) is 0.783. The van der Waals surface area contributed by atoms with Crippen molar-refractivity contribution in [1.82, 2.24) is 9.97 Å². The molecule has 0 fully saturated rings. The first kappa shape index (κ1) is 8.46. The monoisotopic (exact) mass is 215 g/mol. The summed E-state index contributed by atoms with van der Waals surface area (Å²) in [7, 11) is 0. The van der Waals surface area contributed by atoms with E-state index in [1.54, 1.807) is 12.4 Å². The molecular formula is C7H10BrN3. The molecule has 3 nitrogen and oxygen atoms in total. The molecule has 1 N–H and O–H groups in total. The highest BCUT2D eigenvalue weighted by Crippen LogP contribution is 2.03. The number of nitrogens with one attached hydrogen (secondary N) is 1. The summed E-state index contributed by atoms with van der Waals surface area (Å²) in [5.74, 6) is 0.692. The summed E-state index contributed by atoms with van der Waals surface area (Å²) in [5.41, 5.74) is 1.09. The molecule has 0 aliphatic heterocycles. The van der Waals surface area contributed by atoms with Crippen LogP contribution in [0.2, 0.25) is 0 Å². The van der Waals surface area contributed by atoms with Crippen LogP contribution in [0.1, 0.15) is 12.5 Å². The van der Waals surface area contributed by atoms with E-state index in [0.29, 0.717) is 5.95 Å². The van der Waals surface area contributed by atoms with E-state index in [0.717, 1.165) is 17.4 Å². The van der Waals surface area contributed by atoms with Gasteiger partial charge in [0.05, 0.1) is 0 Å². The summed E-state index contributed by atoms with van der Waals surface area (Å²) in [6.45, 7) is 2.87. The van der Waals surface area contributed by atoms with Gasteiger partial charge < -0.3 is 5.32 Å². The maximum atomic E-state index is 4.09. The number of hydrogen-bond acceptors (Lipinski definition) is 3. The van der Waals surface area contributed by atoms with E-state index >= 15 is 0 Å². The zero-order chi connectivity index (χ0) is 8.10. The van der Waals surface area contributed by atoms with Gasteiger partial charge in [-0.05, 0) is 12.5 Å². The van der Waals surface area contributed by atoms with Crippen LogP contribution in [0.3, 0.4) is 0 Å². The topological polar surface area (TPSA) is 37.8 Å². The van der Waals surface area contributed by atoms with Crippen LogP contribution in [-0.2, 0) is 5.33 Å². The Hall–Kier alpha value is -0.640. The summed E-state index contributed by atoms with van der Waals surface area (Å²) in [5, 5.41) is 3.83. The van der Waals surface area contributed by atoms with Gasteiger partial charge in [0.1, 0.15) is 0 Å². The first-order chi connectivity index (χ1) is 5.36. The van der Waals surface area contributed by atoms with Crippen LogP contribution in [-0.4, -0.2) is 16.5 Å². The van der Waals surface area contributed by atoms with Crippen LogP contribution in [0.4, 0.5) is 5.95 Å². The number of alkyl halides is 1. The average Bonchev–Trinajstić information content (AvgIpc) is 2.07. The van der Waals surface area contributed by atoms with Crippen LogP contribution in [0.5, 0.6) is 0 Å². The molecule has 0 unspecified atom stereocenters. The molecule has 0 amide bonds. The minimum absolute atomic E-state index is 0.692. The normalized spacial score (nSPS) is 9.64. The molecule has 0 spiro atoms. The van der Waals surface area contributed by atoms with E-state index < -0.39 is 0 Å². The Morgan fingerprint density at radius 2 is 2.09 bits per heavy atom. The summed E-state index contributed by atoms with van der Waals surface area (Å²) < 4.78 is 0. The molecule has 0 aliphatic carbocycles. The SMILES string of the molecule is CCNc1ncc(CBr)cn1. The van der Waals surface area contributed by atoms with E-state index in [-0.39, 0.29) is 0 Å². The minimum Gasteiger partial charge on any atom is -0.355 e. The van der Waals surface area contributed by atoms with E-state index in [4.69, 9.17) is 0 Å². The van der Waals surface area contributed by atoms with Crippen molar-refractivity contribution in [3.05, 3.63) is 18.0 Å². The maximum Gasteiger partial charge on any atom is 0.222 e. The molecule has 0 atom stereocenters. The van der Waals surface area contributed by atoms with Gasteiger partial charge in [-0.3, -0.25) is 0 Å². The number of nitrogens with zero attached hydrogens (tertiary/aromatic N) is 2. The van der Waals surface area contributed by atoms with Gasteiger partial charge in [0.2, 0.25) is 5.95 Å². The minimum atomic E-state index is 0.692. The van der Waals surface area contributed by atoms with Crippen LogP contribution < -0.4 is 5.32 Å². The Morgan fingerprint density at radius 1 is 1.45 bits per heavy atom. The number of aromatic nitrogens is 2. The number of anilines is 1. The lowest BCUT2D eigenvalue weighted by Gasteiger charge is -1.99. The number of halogens is 1. The Balaban J connectivity index is 2.66. The lowest BCUT2D eigenvalue weighted by atomic mass is 10.4. The van der Waals surface area contributed by atoms with Crippen molar-refractivity contribution in [2.24, 2.45) is 0 Å². The van der Waals surface area contributed by atoms with Crippen LogP contribution in [0.25, 0.3) is 0 Å². The zero-order valence-corrected chi connectivity index (χ0v) is 7.93. The Bertz CT molecular complexity index is 209. The highest BCUT2D eigenvalue weighted by molar-refractivity contribution is 9.08. The zero-order valence-electron chi connectivity index (χ0n) is 6.34. The Labute approximate surface area is 74.4 Å². The van der Waals surface area contributed by atoms with Crippen LogP contribution in [0, 0.1) is 0 Å². The Kier molecular flexibility index (Phi) is 3.29. The van der Waals surface area contributed by atoms with Gasteiger partial charge in [-0.25, -0.2) is 9.97 Å². The van der Waals surface area contributed by atoms with Gasteiger partial charge in [0, 0.05) is 24.3 Å². The largest absolute Gasteiger partial charge is 0.355 e. The average molecular weight is 216 g/mol. The molecule has 0 saturated heterocycles. The lowest BCUT2D eigenvalue weighted by Crippen LogP contribution is -2.01. The third kappa shape index (κ3) is 2.46. The van der Waals surface area contributed by atoms with Gasteiger partial charge in [0.25, 0.3) is 0 Å². The molecule has 1 heterocycles. The molecule has 0 bridgehead atoms. The van der Waals surface area contributed by atoms with E-state index in [2.05, 4.69) is 31.2 Å². The summed E-state index contributed by atoms with van der Waals surface area (Å²) in [6, 6.07) is 0. The lowest BCUT2D eigenvalue weighted by molar-refractivity contribution is 1.06. The van der Waals surface area contributed by atoms with E-state index in [1.165, 1.54) is 0 Å². The molecular weight excluding hydrogens is 206 g/mol. The molecule has 11 heavy (non-hydrogen) atoms.